The Labute approximate surface area is 94.3 Å². The van der Waals surface area contributed by atoms with Crippen molar-refractivity contribution in [1.29, 1.82) is 0 Å². The molecule has 4 heteroatoms. The Morgan fingerprint density at radius 3 is 2.75 bits per heavy atom. The zero-order chi connectivity index (χ0) is 11.9. The number of aromatic nitrogens is 1. The zero-order valence-corrected chi connectivity index (χ0v) is 9.60. The first-order chi connectivity index (χ1) is 7.50. The summed E-state index contributed by atoms with van der Waals surface area (Å²) in [6.45, 7) is 3.90. The average Bonchev–Trinajstić information content (AvgIpc) is 2.81. The number of hydrogen-bond acceptors (Lipinski definition) is 3. The molecule has 0 radical (unpaired) electrons. The van der Waals surface area contributed by atoms with Crippen molar-refractivity contribution in [2.75, 3.05) is 7.11 Å². The summed E-state index contributed by atoms with van der Waals surface area (Å²) in [6, 6.07) is 3.60. The van der Waals surface area contributed by atoms with Crippen LogP contribution in [0.4, 0.5) is 0 Å². The highest BCUT2D eigenvalue weighted by molar-refractivity contribution is 5.77. The van der Waals surface area contributed by atoms with Gasteiger partial charge in [0.1, 0.15) is 5.75 Å². The summed E-state index contributed by atoms with van der Waals surface area (Å²) in [4.78, 5) is 15.3. The third kappa shape index (κ3) is 1.45. The van der Waals surface area contributed by atoms with E-state index in [1.54, 1.807) is 19.4 Å². The summed E-state index contributed by atoms with van der Waals surface area (Å²) in [5, 5.41) is 9.12. The van der Waals surface area contributed by atoms with Gasteiger partial charge in [-0.25, -0.2) is 0 Å². The standard InChI is InChI=1S/C12H15NO3/c1-12(2)8(9(12)11(14)15)10-7(16-3)5-4-6-13-10/h4-6,8-9H,1-3H3,(H,14,15). The number of carboxylic acids is 1. The maximum atomic E-state index is 11.1. The summed E-state index contributed by atoms with van der Waals surface area (Å²) in [7, 11) is 1.58. The number of hydrogen-bond donors (Lipinski definition) is 1. The van der Waals surface area contributed by atoms with Crippen LogP contribution in [0.2, 0.25) is 0 Å². The normalized spacial score (nSPS) is 26.2. The first-order valence-corrected chi connectivity index (χ1v) is 5.22. The lowest BCUT2D eigenvalue weighted by Gasteiger charge is -2.07. The van der Waals surface area contributed by atoms with Gasteiger partial charge in [0, 0.05) is 12.1 Å². The number of aliphatic carboxylic acids is 1. The first kappa shape index (κ1) is 10.9. The van der Waals surface area contributed by atoms with E-state index in [1.807, 2.05) is 19.9 Å². The summed E-state index contributed by atoms with van der Waals surface area (Å²) in [5.74, 6) is -0.510. The molecule has 0 aromatic carbocycles. The topological polar surface area (TPSA) is 59.4 Å². The molecule has 1 aromatic heterocycles. The van der Waals surface area contributed by atoms with Crippen LogP contribution in [0, 0.1) is 11.3 Å². The number of rotatable bonds is 3. The van der Waals surface area contributed by atoms with Crippen molar-refractivity contribution in [3.8, 4) is 5.75 Å². The van der Waals surface area contributed by atoms with Crippen LogP contribution in [0.5, 0.6) is 5.75 Å². The van der Waals surface area contributed by atoms with Gasteiger partial charge in [-0.2, -0.15) is 0 Å². The van der Waals surface area contributed by atoms with E-state index in [-0.39, 0.29) is 17.3 Å². The molecular weight excluding hydrogens is 206 g/mol. The van der Waals surface area contributed by atoms with E-state index in [1.165, 1.54) is 0 Å². The quantitative estimate of drug-likeness (QED) is 0.847. The summed E-state index contributed by atoms with van der Waals surface area (Å²) >= 11 is 0. The van der Waals surface area contributed by atoms with Crippen LogP contribution < -0.4 is 4.74 Å². The van der Waals surface area contributed by atoms with E-state index in [4.69, 9.17) is 9.84 Å². The molecule has 2 unspecified atom stereocenters. The van der Waals surface area contributed by atoms with E-state index < -0.39 is 5.97 Å². The Kier molecular flexibility index (Phi) is 2.37. The van der Waals surface area contributed by atoms with Crippen molar-refractivity contribution in [1.82, 2.24) is 4.98 Å². The van der Waals surface area contributed by atoms with Gasteiger partial charge < -0.3 is 9.84 Å². The number of nitrogens with zero attached hydrogens (tertiary/aromatic N) is 1. The number of methoxy groups -OCH3 is 1. The van der Waals surface area contributed by atoms with Crippen LogP contribution in [0.25, 0.3) is 0 Å². The molecule has 16 heavy (non-hydrogen) atoms. The van der Waals surface area contributed by atoms with Crippen molar-refractivity contribution >= 4 is 5.97 Å². The second-order valence-corrected chi connectivity index (χ2v) is 4.71. The molecular formula is C12H15NO3. The molecule has 1 N–H and O–H groups in total. The van der Waals surface area contributed by atoms with Crippen LogP contribution in [0.1, 0.15) is 25.5 Å². The highest BCUT2D eigenvalue weighted by atomic mass is 16.5. The van der Waals surface area contributed by atoms with Crippen molar-refractivity contribution in [3.05, 3.63) is 24.0 Å². The number of carbonyl (C=O) groups is 1. The minimum Gasteiger partial charge on any atom is -0.495 e. The highest BCUT2D eigenvalue weighted by Gasteiger charge is 2.64. The molecule has 1 aliphatic carbocycles. The second-order valence-electron chi connectivity index (χ2n) is 4.71. The lowest BCUT2D eigenvalue weighted by Crippen LogP contribution is -2.03. The van der Waals surface area contributed by atoms with Gasteiger partial charge in [0.05, 0.1) is 18.7 Å². The Hall–Kier alpha value is -1.58. The predicted octanol–water partition coefficient (Wildman–Crippen LogP) is 1.91. The van der Waals surface area contributed by atoms with E-state index >= 15 is 0 Å². The van der Waals surface area contributed by atoms with E-state index in [0.717, 1.165) is 5.69 Å². The molecule has 0 amide bonds. The Bertz CT molecular complexity index is 428. The maximum Gasteiger partial charge on any atom is 0.307 e. The van der Waals surface area contributed by atoms with Gasteiger partial charge >= 0.3 is 5.97 Å². The van der Waals surface area contributed by atoms with Crippen molar-refractivity contribution in [2.45, 2.75) is 19.8 Å². The molecule has 4 nitrogen and oxygen atoms in total. The monoisotopic (exact) mass is 221 g/mol. The molecule has 0 aliphatic heterocycles. The van der Waals surface area contributed by atoms with Gasteiger partial charge in [0.25, 0.3) is 0 Å². The molecule has 0 spiro atoms. The third-order valence-electron chi connectivity index (χ3n) is 3.41. The Morgan fingerprint density at radius 1 is 1.56 bits per heavy atom. The molecule has 2 rings (SSSR count). The fourth-order valence-corrected chi connectivity index (χ4v) is 2.42. The van der Waals surface area contributed by atoms with Gasteiger partial charge in [-0.15, -0.1) is 0 Å². The van der Waals surface area contributed by atoms with Crippen LogP contribution in [0.3, 0.4) is 0 Å². The van der Waals surface area contributed by atoms with Gasteiger partial charge in [-0.3, -0.25) is 9.78 Å². The van der Waals surface area contributed by atoms with Gasteiger partial charge in [-0.05, 0) is 17.5 Å². The minimum atomic E-state index is -0.761. The van der Waals surface area contributed by atoms with Gasteiger partial charge in [0.15, 0.2) is 0 Å². The fourth-order valence-electron chi connectivity index (χ4n) is 2.42. The molecule has 1 fully saturated rings. The van der Waals surface area contributed by atoms with E-state index in [0.29, 0.717) is 5.75 Å². The molecule has 1 heterocycles. The van der Waals surface area contributed by atoms with E-state index in [2.05, 4.69) is 4.98 Å². The summed E-state index contributed by atoms with van der Waals surface area (Å²) in [6.07, 6.45) is 1.67. The molecule has 1 aromatic rings. The molecule has 0 bridgehead atoms. The predicted molar refractivity (Wildman–Crippen MR) is 58.4 cm³/mol. The molecule has 86 valence electrons. The lowest BCUT2D eigenvalue weighted by atomic mass is 10.1. The third-order valence-corrected chi connectivity index (χ3v) is 3.41. The summed E-state index contributed by atoms with van der Waals surface area (Å²) < 4.78 is 5.21. The van der Waals surface area contributed by atoms with E-state index in [9.17, 15) is 4.79 Å². The number of ether oxygens (including phenoxy) is 1. The van der Waals surface area contributed by atoms with Crippen molar-refractivity contribution < 1.29 is 14.6 Å². The summed E-state index contributed by atoms with van der Waals surface area (Å²) in [5.41, 5.74) is 0.510. The average molecular weight is 221 g/mol. The van der Waals surface area contributed by atoms with Gasteiger partial charge in [-0.1, -0.05) is 13.8 Å². The van der Waals surface area contributed by atoms with Crippen LogP contribution in [-0.4, -0.2) is 23.2 Å². The fraction of sp³-hybridized carbons (Fsp3) is 0.500. The minimum absolute atomic E-state index is 0.0545. The largest absolute Gasteiger partial charge is 0.495 e. The van der Waals surface area contributed by atoms with Gasteiger partial charge in [0.2, 0.25) is 0 Å². The zero-order valence-electron chi connectivity index (χ0n) is 9.60. The van der Waals surface area contributed by atoms with Crippen molar-refractivity contribution in [3.63, 3.8) is 0 Å². The second kappa shape index (κ2) is 3.47. The molecule has 2 atom stereocenters. The number of carboxylic acid groups (broad SMARTS) is 1. The van der Waals surface area contributed by atoms with Crippen molar-refractivity contribution in [2.24, 2.45) is 11.3 Å². The smallest absolute Gasteiger partial charge is 0.307 e. The molecule has 1 saturated carbocycles. The van der Waals surface area contributed by atoms with Crippen LogP contribution >= 0.6 is 0 Å². The first-order valence-electron chi connectivity index (χ1n) is 5.22. The number of pyridine rings is 1. The maximum absolute atomic E-state index is 11.1. The van der Waals surface area contributed by atoms with Crippen LogP contribution in [-0.2, 0) is 4.79 Å². The highest BCUT2D eigenvalue weighted by Crippen LogP contribution is 2.65. The molecule has 0 saturated heterocycles. The lowest BCUT2D eigenvalue weighted by molar-refractivity contribution is -0.139. The molecule has 1 aliphatic rings. The Morgan fingerprint density at radius 2 is 2.25 bits per heavy atom. The SMILES string of the molecule is COc1cccnc1C1C(C(=O)O)C1(C)C. The van der Waals surface area contributed by atoms with Crippen LogP contribution in [0.15, 0.2) is 18.3 Å². The Balaban J connectivity index is 2.37.